The van der Waals surface area contributed by atoms with Crippen LogP contribution in [-0.2, 0) is 22.4 Å². The number of rotatable bonds is 10. The molecule has 11 nitrogen and oxygen atoms in total. The Morgan fingerprint density at radius 1 is 1.07 bits per heavy atom. The molecule has 4 rings (SSSR count). The van der Waals surface area contributed by atoms with Gasteiger partial charge in [0, 0.05) is 12.1 Å². The molecule has 1 aliphatic heterocycles. The maximum atomic E-state index is 13.1. The Morgan fingerprint density at radius 2 is 1.75 bits per heavy atom. The Morgan fingerprint density at radius 3 is 2.36 bits per heavy atom. The van der Waals surface area contributed by atoms with E-state index in [1.165, 1.54) is 32.4 Å². The number of nitrogens with zero attached hydrogens (tertiary/aromatic N) is 2. The topological polar surface area (TPSA) is 137 Å². The van der Waals surface area contributed by atoms with Crippen molar-refractivity contribution in [1.29, 1.82) is 0 Å². The van der Waals surface area contributed by atoms with Crippen LogP contribution in [0.1, 0.15) is 16.7 Å². The van der Waals surface area contributed by atoms with Crippen molar-refractivity contribution >= 4 is 68.9 Å². The van der Waals surface area contributed by atoms with Crippen LogP contribution in [0.3, 0.4) is 0 Å². The molecule has 1 saturated heterocycles. The fourth-order valence-electron chi connectivity index (χ4n) is 3.94. The molecule has 230 valence electrons. The van der Waals surface area contributed by atoms with E-state index in [2.05, 4.69) is 5.32 Å². The van der Waals surface area contributed by atoms with Crippen LogP contribution >= 0.6 is 34.4 Å². The van der Waals surface area contributed by atoms with Crippen molar-refractivity contribution in [3.8, 4) is 17.2 Å². The van der Waals surface area contributed by atoms with Crippen molar-refractivity contribution in [3.63, 3.8) is 0 Å². The fraction of sp³-hybridized carbons (Fsp3) is 0.179. The number of benzene rings is 3. The summed E-state index contributed by atoms with van der Waals surface area (Å²) in [6.45, 7) is -0.644. The molecule has 1 N–H and O–H groups in total. The Kier molecular flexibility index (Phi) is 10.0. The summed E-state index contributed by atoms with van der Waals surface area (Å²) < 4.78 is 56.4. The zero-order valence-electron chi connectivity index (χ0n) is 22.8. The summed E-state index contributed by atoms with van der Waals surface area (Å²) in [5, 5.41) is 12.4. The van der Waals surface area contributed by atoms with Gasteiger partial charge in [0.1, 0.15) is 18.9 Å². The summed E-state index contributed by atoms with van der Waals surface area (Å²) in [5.41, 5.74) is -0.173. The zero-order chi connectivity index (χ0) is 32.2. The van der Waals surface area contributed by atoms with Crippen LogP contribution in [0.5, 0.6) is 17.2 Å². The number of halogens is 4. The maximum absolute atomic E-state index is 13.1. The second-order valence-electron chi connectivity index (χ2n) is 8.98. The van der Waals surface area contributed by atoms with E-state index in [1.807, 2.05) is 22.6 Å². The SMILES string of the molecule is COc1ccc(C(F)(F)F)cc1NC(=O)CN1C(=O)S/C(=C\c2cc(I)c(OCc3ccc([N+](=O)[O-])cc3)c(OC)c2)C1=O. The second kappa shape index (κ2) is 13.5. The minimum absolute atomic E-state index is 0.0110. The third-order valence-corrected chi connectivity index (χ3v) is 7.76. The molecule has 3 amide bonds. The Hall–Kier alpha value is -4.32. The highest BCUT2D eigenvalue weighted by Gasteiger charge is 2.37. The Bertz CT molecular complexity index is 1670. The van der Waals surface area contributed by atoms with Gasteiger partial charge in [0.05, 0.1) is 38.9 Å². The van der Waals surface area contributed by atoms with Crippen LogP contribution in [0.15, 0.2) is 59.5 Å². The number of nitro benzene ring substituents is 1. The molecule has 44 heavy (non-hydrogen) atoms. The molecule has 0 saturated carbocycles. The van der Waals surface area contributed by atoms with Gasteiger partial charge in [0.2, 0.25) is 5.91 Å². The van der Waals surface area contributed by atoms with Crippen LogP contribution in [0, 0.1) is 13.7 Å². The zero-order valence-corrected chi connectivity index (χ0v) is 25.7. The van der Waals surface area contributed by atoms with Crippen molar-refractivity contribution in [2.45, 2.75) is 12.8 Å². The van der Waals surface area contributed by atoms with E-state index in [1.54, 1.807) is 24.3 Å². The van der Waals surface area contributed by atoms with Gasteiger partial charge in [-0.3, -0.25) is 29.4 Å². The number of nitrogens with one attached hydrogen (secondary N) is 1. The van der Waals surface area contributed by atoms with Gasteiger partial charge in [-0.2, -0.15) is 13.2 Å². The van der Waals surface area contributed by atoms with E-state index >= 15 is 0 Å². The summed E-state index contributed by atoms with van der Waals surface area (Å²) in [6.07, 6.45) is -3.23. The normalized spacial score (nSPS) is 14.1. The Labute approximate surface area is 265 Å². The first-order valence-electron chi connectivity index (χ1n) is 12.3. The maximum Gasteiger partial charge on any atom is 0.416 e. The first-order chi connectivity index (χ1) is 20.8. The number of hydrogen-bond acceptors (Lipinski definition) is 9. The van der Waals surface area contributed by atoms with E-state index in [4.69, 9.17) is 14.2 Å². The number of alkyl halides is 3. The smallest absolute Gasteiger partial charge is 0.416 e. The highest BCUT2D eigenvalue weighted by atomic mass is 127. The lowest BCUT2D eigenvalue weighted by Gasteiger charge is -2.16. The van der Waals surface area contributed by atoms with Crippen molar-refractivity contribution in [3.05, 3.63) is 89.9 Å². The largest absolute Gasteiger partial charge is 0.495 e. The monoisotopic (exact) mass is 743 g/mol. The lowest BCUT2D eigenvalue weighted by molar-refractivity contribution is -0.384. The molecule has 0 aliphatic carbocycles. The third kappa shape index (κ3) is 7.60. The number of non-ortho nitro benzene ring substituents is 1. The quantitative estimate of drug-likeness (QED) is 0.107. The van der Waals surface area contributed by atoms with Gasteiger partial charge in [-0.05, 0) is 94.0 Å². The first kappa shape index (κ1) is 32.6. The van der Waals surface area contributed by atoms with Crippen molar-refractivity contribution in [2.24, 2.45) is 0 Å². The van der Waals surface area contributed by atoms with E-state index in [9.17, 15) is 37.7 Å². The van der Waals surface area contributed by atoms with E-state index < -0.39 is 40.3 Å². The van der Waals surface area contributed by atoms with Gasteiger partial charge in [0.25, 0.3) is 16.8 Å². The van der Waals surface area contributed by atoms with Crippen LogP contribution in [0.4, 0.5) is 29.3 Å². The highest BCUT2D eigenvalue weighted by Crippen LogP contribution is 2.38. The molecule has 0 radical (unpaired) electrons. The van der Waals surface area contributed by atoms with E-state index in [0.29, 0.717) is 48.9 Å². The number of methoxy groups -OCH3 is 2. The molecule has 1 heterocycles. The molecule has 16 heteroatoms. The third-order valence-electron chi connectivity index (χ3n) is 6.06. The molecule has 0 spiro atoms. The number of thioether (sulfide) groups is 1. The van der Waals surface area contributed by atoms with Crippen molar-refractivity contribution in [2.75, 3.05) is 26.1 Å². The summed E-state index contributed by atoms with van der Waals surface area (Å²) in [7, 11) is 2.63. The average Bonchev–Trinajstić information content (AvgIpc) is 3.23. The molecular formula is C28H21F3IN3O8S. The second-order valence-corrected chi connectivity index (χ2v) is 11.1. The highest BCUT2D eigenvalue weighted by molar-refractivity contribution is 14.1. The number of anilines is 1. The van der Waals surface area contributed by atoms with Crippen LogP contribution in [0.25, 0.3) is 6.08 Å². The minimum Gasteiger partial charge on any atom is -0.495 e. The molecule has 0 bridgehead atoms. The molecule has 0 unspecified atom stereocenters. The van der Waals surface area contributed by atoms with Crippen LogP contribution < -0.4 is 19.5 Å². The van der Waals surface area contributed by atoms with Gasteiger partial charge >= 0.3 is 6.18 Å². The molecular weight excluding hydrogens is 722 g/mol. The van der Waals surface area contributed by atoms with E-state index in [0.717, 1.165) is 12.1 Å². The summed E-state index contributed by atoms with van der Waals surface area (Å²) in [4.78, 5) is 49.3. The van der Waals surface area contributed by atoms with E-state index in [-0.39, 0.29) is 28.6 Å². The number of amides is 3. The fourth-order valence-corrected chi connectivity index (χ4v) is 5.55. The molecule has 3 aromatic rings. The predicted octanol–water partition coefficient (Wildman–Crippen LogP) is 6.49. The van der Waals surface area contributed by atoms with Crippen molar-refractivity contribution < 1.29 is 46.7 Å². The molecule has 3 aromatic carbocycles. The minimum atomic E-state index is -4.67. The van der Waals surface area contributed by atoms with Crippen LogP contribution in [0.2, 0.25) is 0 Å². The van der Waals surface area contributed by atoms with Crippen LogP contribution in [-0.4, -0.2) is 47.6 Å². The molecule has 1 aliphatic rings. The standard InChI is InChI=1S/C28H21F3IN3O8S/c1-41-21-8-5-17(28(29,30)31)12-20(21)33-24(36)13-34-26(37)23(44-27(34)38)11-16-9-19(32)25(22(10-16)42-2)43-14-15-3-6-18(7-4-15)35(39)40/h3-12H,13-14H2,1-2H3,(H,33,36)/b23-11-. The number of imide groups is 1. The lowest BCUT2D eigenvalue weighted by Crippen LogP contribution is -2.36. The first-order valence-corrected chi connectivity index (χ1v) is 14.2. The summed E-state index contributed by atoms with van der Waals surface area (Å²) in [5.74, 6) is -1.00. The van der Waals surface area contributed by atoms with Gasteiger partial charge in [-0.25, -0.2) is 0 Å². The van der Waals surface area contributed by atoms with Gasteiger partial charge in [0.15, 0.2) is 11.5 Å². The van der Waals surface area contributed by atoms with Gasteiger partial charge < -0.3 is 19.5 Å². The van der Waals surface area contributed by atoms with Crippen molar-refractivity contribution in [1.82, 2.24) is 4.90 Å². The number of ether oxygens (including phenoxy) is 3. The summed E-state index contributed by atoms with van der Waals surface area (Å²) in [6, 6.07) is 11.6. The molecule has 1 fully saturated rings. The number of nitro groups is 1. The van der Waals surface area contributed by atoms with Gasteiger partial charge in [-0.15, -0.1) is 0 Å². The lowest BCUT2D eigenvalue weighted by atomic mass is 10.1. The number of carbonyl (C=O) groups excluding carboxylic acids is 3. The predicted molar refractivity (Wildman–Crippen MR) is 162 cm³/mol. The molecule has 0 atom stereocenters. The van der Waals surface area contributed by atoms with Gasteiger partial charge in [-0.1, -0.05) is 0 Å². The summed E-state index contributed by atoms with van der Waals surface area (Å²) >= 11 is 2.60. The number of hydrogen-bond donors (Lipinski definition) is 1. The number of carbonyl (C=O) groups is 3. The molecule has 0 aromatic heterocycles. The Balaban J connectivity index is 1.47. The average molecular weight is 743 g/mol.